The number of benzene rings is 2. The van der Waals surface area contributed by atoms with E-state index in [1.807, 2.05) is 6.92 Å². The Bertz CT molecular complexity index is 1050. The van der Waals surface area contributed by atoms with Crippen LogP contribution in [0.25, 0.3) is 0 Å². The molecule has 28 heavy (non-hydrogen) atoms. The van der Waals surface area contributed by atoms with Gasteiger partial charge in [-0.25, -0.2) is 22.0 Å². The lowest BCUT2D eigenvalue weighted by atomic mass is 10.0. The Labute approximate surface area is 162 Å². The van der Waals surface area contributed by atoms with Crippen LogP contribution in [0.4, 0.5) is 0 Å². The normalized spacial score (nSPS) is 10.6. The number of hydrogen-bond donors (Lipinski definition) is 2. The van der Waals surface area contributed by atoms with Gasteiger partial charge in [-0.05, 0) is 55.8 Å². The number of carbonyl (C=O) groups is 2. The van der Waals surface area contributed by atoms with Crippen molar-refractivity contribution in [1.82, 2.24) is 3.97 Å². The first-order valence-corrected chi connectivity index (χ1v) is 9.60. The number of aromatic carboxylic acids is 2. The largest absolute Gasteiger partial charge is 0.478 e. The van der Waals surface area contributed by atoms with Gasteiger partial charge in [-0.2, -0.15) is 0 Å². The van der Waals surface area contributed by atoms with Gasteiger partial charge < -0.3 is 10.2 Å². The molecule has 3 aromatic rings. The van der Waals surface area contributed by atoms with Gasteiger partial charge in [0.25, 0.3) is 10.0 Å². The van der Waals surface area contributed by atoms with Gasteiger partial charge in [0, 0.05) is 12.4 Å². The summed E-state index contributed by atoms with van der Waals surface area (Å²) in [4.78, 5) is 21.5. The lowest BCUT2D eigenvalue weighted by Gasteiger charge is -2.05. The number of carboxylic acids is 2. The van der Waals surface area contributed by atoms with E-state index < -0.39 is 22.0 Å². The molecule has 0 unspecified atom stereocenters. The molecule has 0 bridgehead atoms. The third-order valence-electron chi connectivity index (χ3n) is 3.97. The van der Waals surface area contributed by atoms with E-state index in [2.05, 4.69) is 0 Å². The molecule has 7 nitrogen and oxygen atoms in total. The van der Waals surface area contributed by atoms with E-state index in [4.69, 9.17) is 10.2 Å². The van der Waals surface area contributed by atoms with E-state index in [9.17, 15) is 18.0 Å². The number of rotatable bonds is 4. The zero-order chi connectivity index (χ0) is 20.9. The molecular formula is C20H19NO6S. The first-order chi connectivity index (χ1) is 13.1. The molecule has 0 saturated carbocycles. The SMILES string of the molecule is Cc1c(C(=O)O)cccc1C(=O)O.Cc1ccc(S(=O)(=O)n2cccc2)cc1. The molecule has 3 rings (SSSR count). The molecule has 0 radical (unpaired) electrons. The minimum Gasteiger partial charge on any atom is -0.478 e. The van der Waals surface area contributed by atoms with E-state index in [-0.39, 0.29) is 16.7 Å². The van der Waals surface area contributed by atoms with Crippen molar-refractivity contribution in [3.8, 4) is 0 Å². The summed E-state index contributed by atoms with van der Waals surface area (Å²) in [6.45, 7) is 3.40. The fraction of sp³-hybridized carbons (Fsp3) is 0.100. The molecule has 0 amide bonds. The monoisotopic (exact) mass is 401 g/mol. The van der Waals surface area contributed by atoms with Crippen LogP contribution in [-0.4, -0.2) is 34.5 Å². The van der Waals surface area contributed by atoms with E-state index in [0.717, 1.165) is 5.56 Å². The molecule has 0 atom stereocenters. The van der Waals surface area contributed by atoms with Crippen LogP contribution in [0, 0.1) is 13.8 Å². The van der Waals surface area contributed by atoms with Gasteiger partial charge in [-0.1, -0.05) is 23.8 Å². The fourth-order valence-corrected chi connectivity index (χ4v) is 3.59. The standard InChI is InChI=1S/C11H11NO2S.C9H8O4/c1-10-4-6-11(7-5-10)15(13,14)12-8-2-3-9-12;1-5-6(8(10)11)3-2-4-7(5)9(12)13/h2-9H,1H3;2-4H,1H3,(H,10,11)(H,12,13). The molecule has 0 aliphatic carbocycles. The Hall–Kier alpha value is -3.39. The summed E-state index contributed by atoms with van der Waals surface area (Å²) in [6.07, 6.45) is 3.05. The number of nitrogens with zero attached hydrogens (tertiary/aromatic N) is 1. The first-order valence-electron chi connectivity index (χ1n) is 8.16. The topological polar surface area (TPSA) is 114 Å². The molecule has 146 valence electrons. The average Bonchev–Trinajstić information content (AvgIpc) is 3.18. The van der Waals surface area contributed by atoms with Gasteiger partial charge in [0.1, 0.15) is 0 Å². The highest BCUT2D eigenvalue weighted by Crippen LogP contribution is 2.14. The summed E-state index contributed by atoms with van der Waals surface area (Å²) in [6, 6.07) is 14.4. The lowest BCUT2D eigenvalue weighted by molar-refractivity contribution is 0.0696. The highest BCUT2D eigenvalue weighted by molar-refractivity contribution is 7.90. The summed E-state index contributed by atoms with van der Waals surface area (Å²) in [5, 5.41) is 17.4. The number of carboxylic acid groups (broad SMARTS) is 2. The zero-order valence-electron chi connectivity index (χ0n) is 15.2. The number of aryl methyl sites for hydroxylation is 1. The second-order valence-corrected chi connectivity index (χ2v) is 7.76. The molecule has 0 aliphatic rings. The van der Waals surface area contributed by atoms with Crippen LogP contribution >= 0.6 is 0 Å². The first kappa shape index (κ1) is 20.9. The van der Waals surface area contributed by atoms with Crippen molar-refractivity contribution in [2.24, 2.45) is 0 Å². The van der Waals surface area contributed by atoms with Crippen molar-refractivity contribution in [1.29, 1.82) is 0 Å². The Morgan fingerprint density at radius 1 is 0.786 bits per heavy atom. The predicted molar refractivity (Wildman–Crippen MR) is 103 cm³/mol. The maximum absolute atomic E-state index is 12.0. The van der Waals surface area contributed by atoms with Crippen LogP contribution in [0.5, 0.6) is 0 Å². The third kappa shape index (κ3) is 4.66. The summed E-state index contributed by atoms with van der Waals surface area (Å²) in [5.74, 6) is -2.22. The van der Waals surface area contributed by atoms with Crippen LogP contribution in [0.15, 0.2) is 71.9 Å². The van der Waals surface area contributed by atoms with Crippen LogP contribution < -0.4 is 0 Å². The van der Waals surface area contributed by atoms with Crippen LogP contribution in [0.2, 0.25) is 0 Å². The Morgan fingerprint density at radius 2 is 1.25 bits per heavy atom. The van der Waals surface area contributed by atoms with Gasteiger partial charge in [-0.3, -0.25) is 0 Å². The number of hydrogen-bond acceptors (Lipinski definition) is 4. The summed E-state index contributed by atoms with van der Waals surface area (Å²) >= 11 is 0. The van der Waals surface area contributed by atoms with E-state index in [1.54, 1.807) is 36.4 Å². The predicted octanol–water partition coefficient (Wildman–Crippen LogP) is 3.42. The third-order valence-corrected chi connectivity index (χ3v) is 5.63. The van der Waals surface area contributed by atoms with Crippen LogP contribution in [0.1, 0.15) is 31.8 Å². The quantitative estimate of drug-likeness (QED) is 0.692. The molecule has 0 saturated heterocycles. The molecule has 2 N–H and O–H groups in total. The van der Waals surface area contributed by atoms with Crippen molar-refractivity contribution in [3.05, 3.63) is 89.2 Å². The lowest BCUT2D eigenvalue weighted by Crippen LogP contribution is -2.10. The molecule has 8 heteroatoms. The van der Waals surface area contributed by atoms with Crippen molar-refractivity contribution in [2.75, 3.05) is 0 Å². The molecule has 2 aromatic carbocycles. The van der Waals surface area contributed by atoms with Gasteiger partial charge >= 0.3 is 11.9 Å². The summed E-state index contributed by atoms with van der Waals surface area (Å²) in [5.41, 5.74) is 1.38. The van der Waals surface area contributed by atoms with Crippen molar-refractivity contribution < 1.29 is 28.2 Å². The van der Waals surface area contributed by atoms with Gasteiger partial charge in [0.15, 0.2) is 0 Å². The second-order valence-electron chi connectivity index (χ2n) is 5.92. The van der Waals surface area contributed by atoms with Gasteiger partial charge in [0.05, 0.1) is 16.0 Å². The molecule has 0 fully saturated rings. The Kier molecular flexibility index (Phi) is 6.37. The molecular weight excluding hydrogens is 382 g/mol. The van der Waals surface area contributed by atoms with Gasteiger partial charge in [-0.15, -0.1) is 0 Å². The maximum Gasteiger partial charge on any atom is 0.335 e. The van der Waals surface area contributed by atoms with Crippen LogP contribution in [-0.2, 0) is 10.0 Å². The van der Waals surface area contributed by atoms with E-state index in [1.165, 1.54) is 41.5 Å². The molecule has 1 aromatic heterocycles. The van der Waals surface area contributed by atoms with Crippen LogP contribution in [0.3, 0.4) is 0 Å². The van der Waals surface area contributed by atoms with Crippen molar-refractivity contribution in [3.63, 3.8) is 0 Å². The fourth-order valence-electron chi connectivity index (χ4n) is 2.41. The molecule has 0 aliphatic heterocycles. The number of aromatic nitrogens is 1. The second kappa shape index (κ2) is 8.53. The summed E-state index contributed by atoms with van der Waals surface area (Å²) in [7, 11) is -3.40. The highest BCUT2D eigenvalue weighted by Gasteiger charge is 2.15. The minimum absolute atomic E-state index is 0.0277. The van der Waals surface area contributed by atoms with Crippen molar-refractivity contribution in [2.45, 2.75) is 18.7 Å². The Morgan fingerprint density at radius 3 is 1.68 bits per heavy atom. The zero-order valence-corrected chi connectivity index (χ0v) is 16.1. The molecule has 0 spiro atoms. The minimum atomic E-state index is -3.40. The van der Waals surface area contributed by atoms with E-state index in [0.29, 0.717) is 4.90 Å². The smallest absolute Gasteiger partial charge is 0.335 e. The van der Waals surface area contributed by atoms with Gasteiger partial charge in [0.2, 0.25) is 0 Å². The molecule has 1 heterocycles. The van der Waals surface area contributed by atoms with Crippen molar-refractivity contribution >= 4 is 22.0 Å². The van der Waals surface area contributed by atoms with E-state index >= 15 is 0 Å². The summed E-state index contributed by atoms with van der Waals surface area (Å²) < 4.78 is 25.1. The average molecular weight is 401 g/mol. The maximum atomic E-state index is 12.0. The Balaban J connectivity index is 0.000000203. The highest BCUT2D eigenvalue weighted by atomic mass is 32.2.